The molecule has 0 aliphatic carbocycles. The second-order valence-electron chi connectivity index (χ2n) is 4.87. The highest BCUT2D eigenvalue weighted by Crippen LogP contribution is 2.26. The molecule has 0 aliphatic heterocycles. The van der Waals surface area contributed by atoms with E-state index in [4.69, 9.17) is 9.47 Å². The van der Waals surface area contributed by atoms with Gasteiger partial charge >= 0.3 is 0 Å². The van der Waals surface area contributed by atoms with Gasteiger partial charge in [-0.1, -0.05) is 31.9 Å². The predicted octanol–water partition coefficient (Wildman–Crippen LogP) is 4.30. The average Bonchev–Trinajstić information content (AvgIpc) is 2.58. The summed E-state index contributed by atoms with van der Waals surface area (Å²) >= 11 is 6.96. The van der Waals surface area contributed by atoms with E-state index in [2.05, 4.69) is 42.4 Å². The second kappa shape index (κ2) is 8.30. The zero-order valence-electron chi connectivity index (χ0n) is 13.4. The highest BCUT2D eigenvalue weighted by Gasteiger charge is 2.12. The maximum atomic E-state index is 12.2. The van der Waals surface area contributed by atoms with Crippen molar-refractivity contribution < 1.29 is 14.3 Å². The van der Waals surface area contributed by atoms with Gasteiger partial charge in [0.1, 0.15) is 11.5 Å². The maximum absolute atomic E-state index is 12.2. The van der Waals surface area contributed by atoms with Crippen molar-refractivity contribution in [2.75, 3.05) is 14.2 Å². The van der Waals surface area contributed by atoms with Crippen molar-refractivity contribution in [3.63, 3.8) is 0 Å². The minimum Gasteiger partial charge on any atom is -0.497 e. The van der Waals surface area contributed by atoms with Crippen LogP contribution in [0.25, 0.3) is 0 Å². The Morgan fingerprint density at radius 1 is 1.12 bits per heavy atom. The summed E-state index contributed by atoms with van der Waals surface area (Å²) in [5.41, 5.74) is 4.81. The van der Waals surface area contributed by atoms with Crippen LogP contribution in [0.3, 0.4) is 0 Å². The van der Waals surface area contributed by atoms with Gasteiger partial charge in [0.05, 0.1) is 26.0 Å². The third-order valence-corrected chi connectivity index (χ3v) is 4.98. The number of ether oxygens (including phenoxy) is 2. The average molecular weight is 456 g/mol. The van der Waals surface area contributed by atoms with Crippen LogP contribution in [0.1, 0.15) is 21.5 Å². The molecule has 0 fully saturated rings. The molecule has 0 spiro atoms. The van der Waals surface area contributed by atoms with Crippen LogP contribution in [0.4, 0.5) is 0 Å². The first kappa shape index (κ1) is 18.5. The summed E-state index contributed by atoms with van der Waals surface area (Å²) in [7, 11) is 3.05. The van der Waals surface area contributed by atoms with Gasteiger partial charge in [-0.3, -0.25) is 4.79 Å². The van der Waals surface area contributed by atoms with Gasteiger partial charge in [0, 0.05) is 15.0 Å². The lowest BCUT2D eigenvalue weighted by atomic mass is 10.2. The fourth-order valence-electron chi connectivity index (χ4n) is 1.95. The first-order chi connectivity index (χ1) is 11.5. The molecule has 0 saturated carbocycles. The Labute approximate surface area is 157 Å². The van der Waals surface area contributed by atoms with Gasteiger partial charge < -0.3 is 9.47 Å². The number of rotatable bonds is 5. The van der Waals surface area contributed by atoms with Crippen LogP contribution in [0.5, 0.6) is 11.5 Å². The number of hydrogen-bond donors (Lipinski definition) is 1. The molecule has 2 aromatic rings. The Hall–Kier alpha value is -1.86. The SMILES string of the molecule is COc1ccc(C(=O)N/N=C\c2cc(Br)c(C)c(Br)c2)c(OC)c1. The first-order valence-corrected chi connectivity index (χ1v) is 8.56. The molecule has 5 nitrogen and oxygen atoms in total. The van der Waals surface area contributed by atoms with Gasteiger partial charge in [-0.15, -0.1) is 0 Å². The molecule has 24 heavy (non-hydrogen) atoms. The van der Waals surface area contributed by atoms with E-state index >= 15 is 0 Å². The van der Waals surface area contributed by atoms with Crippen LogP contribution in [0.2, 0.25) is 0 Å². The predicted molar refractivity (Wildman–Crippen MR) is 101 cm³/mol. The lowest BCUT2D eigenvalue weighted by Crippen LogP contribution is -2.18. The molecule has 1 N–H and O–H groups in total. The highest BCUT2D eigenvalue weighted by atomic mass is 79.9. The van der Waals surface area contributed by atoms with E-state index in [1.165, 1.54) is 7.11 Å². The number of carbonyl (C=O) groups excluding carboxylic acids is 1. The monoisotopic (exact) mass is 454 g/mol. The van der Waals surface area contributed by atoms with Crippen LogP contribution in [0, 0.1) is 6.92 Å². The van der Waals surface area contributed by atoms with Gasteiger partial charge in [0.15, 0.2) is 0 Å². The van der Waals surface area contributed by atoms with Gasteiger partial charge in [-0.05, 0) is 42.3 Å². The minimum absolute atomic E-state index is 0.365. The number of carbonyl (C=O) groups is 1. The topological polar surface area (TPSA) is 59.9 Å². The van der Waals surface area contributed by atoms with E-state index in [0.717, 1.165) is 20.1 Å². The van der Waals surface area contributed by atoms with E-state index < -0.39 is 0 Å². The quantitative estimate of drug-likeness (QED) is 0.540. The van der Waals surface area contributed by atoms with Crippen LogP contribution >= 0.6 is 31.9 Å². The molecular formula is C17H16Br2N2O3. The summed E-state index contributed by atoms with van der Waals surface area (Å²) in [4.78, 5) is 12.2. The van der Waals surface area contributed by atoms with Gasteiger partial charge in [-0.25, -0.2) is 5.43 Å². The van der Waals surface area contributed by atoms with Crippen LogP contribution < -0.4 is 14.9 Å². The Morgan fingerprint density at radius 2 is 1.79 bits per heavy atom. The van der Waals surface area contributed by atoms with Gasteiger partial charge in [0.25, 0.3) is 5.91 Å². The lowest BCUT2D eigenvalue weighted by Gasteiger charge is -2.09. The van der Waals surface area contributed by atoms with Crippen molar-refractivity contribution in [1.29, 1.82) is 0 Å². The summed E-state index contributed by atoms with van der Waals surface area (Å²) in [5, 5.41) is 3.99. The molecule has 0 bridgehead atoms. The van der Waals surface area contributed by atoms with Crippen molar-refractivity contribution in [2.45, 2.75) is 6.92 Å². The minimum atomic E-state index is -0.365. The van der Waals surface area contributed by atoms with Crippen LogP contribution in [0.15, 0.2) is 44.4 Å². The van der Waals surface area contributed by atoms with E-state index in [-0.39, 0.29) is 5.91 Å². The molecule has 126 valence electrons. The number of amides is 1. The normalized spacial score (nSPS) is 10.7. The number of nitrogens with one attached hydrogen (secondary N) is 1. The summed E-state index contributed by atoms with van der Waals surface area (Å²) in [6.07, 6.45) is 1.57. The molecule has 0 heterocycles. The summed E-state index contributed by atoms with van der Waals surface area (Å²) in [6.45, 7) is 1.99. The van der Waals surface area contributed by atoms with Crippen molar-refractivity contribution in [3.8, 4) is 11.5 Å². The smallest absolute Gasteiger partial charge is 0.275 e. The van der Waals surface area contributed by atoms with Crippen LogP contribution in [-0.4, -0.2) is 26.3 Å². The van der Waals surface area contributed by atoms with E-state index in [9.17, 15) is 4.79 Å². The van der Waals surface area contributed by atoms with E-state index in [1.807, 2.05) is 19.1 Å². The fourth-order valence-corrected chi connectivity index (χ4v) is 3.17. The van der Waals surface area contributed by atoms with Crippen molar-refractivity contribution in [2.24, 2.45) is 5.10 Å². The fraction of sp³-hybridized carbons (Fsp3) is 0.176. The highest BCUT2D eigenvalue weighted by molar-refractivity contribution is 9.11. The number of methoxy groups -OCH3 is 2. The third kappa shape index (κ3) is 4.36. The maximum Gasteiger partial charge on any atom is 0.275 e. The zero-order chi connectivity index (χ0) is 17.7. The molecule has 0 saturated heterocycles. The molecule has 2 rings (SSSR count). The second-order valence-corrected chi connectivity index (χ2v) is 6.58. The number of hydrazone groups is 1. The molecule has 0 aliphatic rings. The molecule has 0 atom stereocenters. The van der Waals surface area contributed by atoms with E-state index in [0.29, 0.717) is 17.1 Å². The number of halogens is 2. The summed E-state index contributed by atoms with van der Waals surface area (Å²) in [6, 6.07) is 8.80. The van der Waals surface area contributed by atoms with Crippen molar-refractivity contribution in [3.05, 3.63) is 56.0 Å². The van der Waals surface area contributed by atoms with Gasteiger partial charge in [0.2, 0.25) is 0 Å². The number of nitrogens with zero attached hydrogens (tertiary/aromatic N) is 1. The lowest BCUT2D eigenvalue weighted by molar-refractivity contribution is 0.0952. The molecular weight excluding hydrogens is 440 g/mol. The third-order valence-electron chi connectivity index (χ3n) is 3.34. The Bertz CT molecular complexity index is 768. The number of hydrogen-bond acceptors (Lipinski definition) is 4. The summed E-state index contributed by atoms with van der Waals surface area (Å²) in [5.74, 6) is 0.667. The molecule has 0 unspecified atom stereocenters. The Morgan fingerprint density at radius 3 is 2.38 bits per heavy atom. The molecule has 7 heteroatoms. The van der Waals surface area contributed by atoms with Crippen molar-refractivity contribution >= 4 is 44.0 Å². The standard InChI is InChI=1S/C17H16Br2N2O3/c1-10-14(18)6-11(7-15(10)19)9-20-21-17(22)13-5-4-12(23-2)8-16(13)24-3/h4-9H,1-3H3,(H,21,22)/b20-9-. The summed E-state index contributed by atoms with van der Waals surface area (Å²) < 4.78 is 12.2. The van der Waals surface area contributed by atoms with Crippen molar-refractivity contribution in [1.82, 2.24) is 5.43 Å². The number of benzene rings is 2. The Kier molecular flexibility index (Phi) is 6.39. The van der Waals surface area contributed by atoms with Gasteiger partial charge in [-0.2, -0.15) is 5.10 Å². The van der Waals surface area contributed by atoms with E-state index in [1.54, 1.807) is 31.5 Å². The zero-order valence-corrected chi connectivity index (χ0v) is 16.6. The van der Waals surface area contributed by atoms with Crippen LogP contribution in [-0.2, 0) is 0 Å². The molecule has 0 radical (unpaired) electrons. The molecule has 1 amide bonds. The molecule has 2 aromatic carbocycles. The largest absolute Gasteiger partial charge is 0.497 e. The molecule has 0 aromatic heterocycles. The first-order valence-electron chi connectivity index (χ1n) is 6.97. The Balaban J connectivity index is 2.13.